The Morgan fingerprint density at radius 2 is 0.440 bits per heavy atom. The quantitative estimate of drug-likeness (QED) is 0.0222. The lowest BCUT2D eigenvalue weighted by Crippen LogP contribution is -2.30. The molecule has 0 aliphatic carbocycles. The monoisotopic (exact) mass is 1590 g/mol. The van der Waals surface area contributed by atoms with E-state index in [9.17, 15) is 43.2 Å². The minimum atomic E-state index is -4.97. The Kier molecular flexibility index (Phi) is 81.1. The van der Waals surface area contributed by atoms with E-state index < -0.39 is 97.5 Å². The number of hydrogen-bond acceptors (Lipinski definition) is 15. The second-order valence-corrected chi connectivity index (χ2v) is 35.5. The van der Waals surface area contributed by atoms with Crippen molar-refractivity contribution >= 4 is 39.5 Å². The molecule has 0 saturated heterocycles. The van der Waals surface area contributed by atoms with Gasteiger partial charge in [0.25, 0.3) is 0 Å². The number of rotatable bonds is 90. The van der Waals surface area contributed by atoms with Crippen molar-refractivity contribution in [3.8, 4) is 0 Å². The molecular formula is C90H176O17P2. The van der Waals surface area contributed by atoms with E-state index in [1.165, 1.54) is 308 Å². The van der Waals surface area contributed by atoms with Crippen LogP contribution in [0.1, 0.15) is 490 Å². The van der Waals surface area contributed by atoms with Gasteiger partial charge in [-0.05, 0) is 31.6 Å². The molecule has 6 atom stereocenters. The largest absolute Gasteiger partial charge is 0.472 e. The van der Waals surface area contributed by atoms with Crippen molar-refractivity contribution in [2.75, 3.05) is 39.6 Å². The SMILES string of the molecule is CCCCCCCCCCCCCCCCCCCCCCCC(=O)OC[C@H](COP(=O)(O)OC[C@@H](O)COP(=O)(O)OC[C@@H](COC(=O)CCCCCCC)OC(=O)CCCCCCCCCCCCCCCCCCCCCCC)OC(=O)CCCCCCCCCCCCCCCCCCCCC(C)CC. The number of aliphatic hydroxyl groups is 1. The first-order valence-electron chi connectivity index (χ1n) is 46.7. The highest BCUT2D eigenvalue weighted by molar-refractivity contribution is 7.47. The number of phosphoric ester groups is 2. The van der Waals surface area contributed by atoms with Crippen LogP contribution in [0.3, 0.4) is 0 Å². The zero-order valence-corrected chi connectivity index (χ0v) is 73.5. The summed E-state index contributed by atoms with van der Waals surface area (Å²) in [5, 5.41) is 10.7. The number of hydrogen-bond donors (Lipinski definition) is 3. The summed E-state index contributed by atoms with van der Waals surface area (Å²) in [6.07, 6.45) is 78.5. The predicted molar refractivity (Wildman–Crippen MR) is 451 cm³/mol. The molecule has 648 valence electrons. The zero-order valence-electron chi connectivity index (χ0n) is 71.7. The smallest absolute Gasteiger partial charge is 0.462 e. The molecule has 0 radical (unpaired) electrons. The Balaban J connectivity index is 5.07. The number of carbonyl (C=O) groups excluding carboxylic acids is 4. The van der Waals surface area contributed by atoms with Gasteiger partial charge in [-0.3, -0.25) is 37.3 Å². The zero-order chi connectivity index (χ0) is 79.7. The number of aliphatic hydroxyl groups excluding tert-OH is 1. The fourth-order valence-electron chi connectivity index (χ4n) is 14.1. The van der Waals surface area contributed by atoms with Crippen LogP contribution in [0.25, 0.3) is 0 Å². The Morgan fingerprint density at radius 1 is 0.257 bits per heavy atom. The second kappa shape index (κ2) is 82.6. The first-order chi connectivity index (χ1) is 53.1. The maximum Gasteiger partial charge on any atom is 0.472 e. The molecule has 0 fully saturated rings. The Morgan fingerprint density at radius 3 is 0.651 bits per heavy atom. The van der Waals surface area contributed by atoms with Crippen molar-refractivity contribution in [1.82, 2.24) is 0 Å². The number of ether oxygens (including phenoxy) is 4. The number of esters is 4. The average molecular weight is 1590 g/mol. The van der Waals surface area contributed by atoms with E-state index in [0.717, 1.165) is 102 Å². The van der Waals surface area contributed by atoms with Crippen LogP contribution in [-0.2, 0) is 65.4 Å². The predicted octanol–water partition coefficient (Wildman–Crippen LogP) is 27.9. The molecule has 0 aromatic heterocycles. The highest BCUT2D eigenvalue weighted by Gasteiger charge is 2.31. The minimum absolute atomic E-state index is 0.108. The molecule has 0 heterocycles. The molecule has 0 aromatic carbocycles. The van der Waals surface area contributed by atoms with Crippen molar-refractivity contribution < 1.29 is 80.2 Å². The van der Waals surface area contributed by atoms with Crippen molar-refractivity contribution in [3.05, 3.63) is 0 Å². The number of carbonyl (C=O) groups is 4. The molecule has 0 rings (SSSR count). The third kappa shape index (κ3) is 82.4. The van der Waals surface area contributed by atoms with Gasteiger partial charge in [0.05, 0.1) is 26.4 Å². The van der Waals surface area contributed by atoms with E-state index in [2.05, 4.69) is 34.6 Å². The van der Waals surface area contributed by atoms with Crippen LogP contribution in [0.5, 0.6) is 0 Å². The molecule has 0 amide bonds. The maximum atomic E-state index is 13.2. The Bertz CT molecular complexity index is 2070. The molecule has 0 saturated carbocycles. The van der Waals surface area contributed by atoms with Crippen LogP contribution in [0.2, 0.25) is 0 Å². The minimum Gasteiger partial charge on any atom is -0.462 e. The van der Waals surface area contributed by atoms with Crippen LogP contribution in [-0.4, -0.2) is 96.7 Å². The molecule has 17 nitrogen and oxygen atoms in total. The maximum absolute atomic E-state index is 13.2. The molecular weight excluding hydrogens is 1410 g/mol. The van der Waals surface area contributed by atoms with Crippen molar-refractivity contribution in [1.29, 1.82) is 0 Å². The number of unbranched alkanes of at least 4 members (excludes halogenated alkanes) is 61. The van der Waals surface area contributed by atoms with E-state index >= 15 is 0 Å². The summed E-state index contributed by atoms with van der Waals surface area (Å²) in [7, 11) is -9.92. The first-order valence-corrected chi connectivity index (χ1v) is 49.7. The summed E-state index contributed by atoms with van der Waals surface area (Å²) in [4.78, 5) is 73.0. The topological polar surface area (TPSA) is 237 Å². The van der Waals surface area contributed by atoms with E-state index in [1.54, 1.807) is 0 Å². The van der Waals surface area contributed by atoms with Gasteiger partial charge in [-0.1, -0.05) is 439 Å². The molecule has 3 unspecified atom stereocenters. The summed E-state index contributed by atoms with van der Waals surface area (Å²) in [5.41, 5.74) is 0. The highest BCUT2D eigenvalue weighted by atomic mass is 31.2. The van der Waals surface area contributed by atoms with Gasteiger partial charge in [0.1, 0.15) is 19.3 Å². The summed E-state index contributed by atoms with van der Waals surface area (Å²) < 4.78 is 68.7. The van der Waals surface area contributed by atoms with Gasteiger partial charge in [0.15, 0.2) is 12.2 Å². The van der Waals surface area contributed by atoms with E-state index in [-0.39, 0.29) is 25.7 Å². The Labute approximate surface area is 670 Å². The Hall–Kier alpha value is -1.94. The fraction of sp³-hybridized carbons (Fsp3) is 0.956. The van der Waals surface area contributed by atoms with Crippen molar-refractivity contribution in [3.63, 3.8) is 0 Å². The van der Waals surface area contributed by atoms with Gasteiger partial charge >= 0.3 is 39.5 Å². The van der Waals surface area contributed by atoms with Crippen LogP contribution in [0.15, 0.2) is 0 Å². The summed E-state index contributed by atoms with van der Waals surface area (Å²) in [6.45, 7) is 7.36. The normalized spacial score (nSPS) is 13.9. The van der Waals surface area contributed by atoms with Gasteiger partial charge in [-0.2, -0.15) is 0 Å². The number of phosphoric acid groups is 2. The molecule has 3 N–H and O–H groups in total. The second-order valence-electron chi connectivity index (χ2n) is 32.6. The molecule has 0 bridgehead atoms. The van der Waals surface area contributed by atoms with E-state index in [4.69, 9.17) is 37.0 Å². The summed E-state index contributed by atoms with van der Waals surface area (Å²) >= 11 is 0. The first kappa shape index (κ1) is 107. The van der Waals surface area contributed by atoms with Gasteiger partial charge in [-0.15, -0.1) is 0 Å². The summed E-state index contributed by atoms with van der Waals surface area (Å²) in [5.74, 6) is -1.24. The fourth-order valence-corrected chi connectivity index (χ4v) is 15.7. The lowest BCUT2D eigenvalue weighted by atomic mass is 9.99. The lowest BCUT2D eigenvalue weighted by molar-refractivity contribution is -0.161. The standard InChI is InChI=1S/C90H176O17P2/c1-6-10-13-16-18-20-22-24-26-28-30-32-34-39-43-47-51-55-59-64-69-74-88(93)101-80-86(107-90(95)76-71-66-61-57-53-49-45-41-37-36-38-42-46-50-54-58-63-67-72-83(5)9-4)82-105-109(98,99)103-78-84(91)77-102-108(96,97)104-81-85(79-100-87(92)73-68-62-15-12-8-3)106-89(94)75-70-65-60-56-52-48-44-40-35-33-31-29-27-25-23-21-19-17-14-11-7-2/h83-86,91H,6-82H2,1-5H3,(H,96,97)(H,98,99)/t83?,84-,85+,86+/m0/s1. The molecule has 0 aliphatic heterocycles. The molecule has 0 aliphatic rings. The third-order valence-corrected chi connectivity index (χ3v) is 23.5. The molecule has 0 aromatic rings. The van der Waals surface area contributed by atoms with Crippen molar-refractivity contribution in [2.24, 2.45) is 5.92 Å². The third-order valence-electron chi connectivity index (χ3n) is 21.6. The molecule has 0 spiro atoms. The van der Waals surface area contributed by atoms with E-state index in [1.807, 2.05) is 0 Å². The van der Waals surface area contributed by atoms with Gasteiger partial charge < -0.3 is 33.8 Å². The molecule has 19 heteroatoms. The molecule has 109 heavy (non-hydrogen) atoms. The van der Waals surface area contributed by atoms with Crippen LogP contribution >= 0.6 is 15.6 Å². The average Bonchev–Trinajstić information content (AvgIpc) is 0.899. The van der Waals surface area contributed by atoms with Crippen LogP contribution in [0, 0.1) is 5.92 Å². The van der Waals surface area contributed by atoms with Crippen LogP contribution < -0.4 is 0 Å². The van der Waals surface area contributed by atoms with Crippen LogP contribution in [0.4, 0.5) is 0 Å². The van der Waals surface area contributed by atoms with E-state index in [0.29, 0.717) is 25.7 Å². The van der Waals surface area contributed by atoms with Crippen molar-refractivity contribution in [2.45, 2.75) is 509 Å². The highest BCUT2D eigenvalue weighted by Crippen LogP contribution is 2.45. The summed E-state index contributed by atoms with van der Waals surface area (Å²) in [6, 6.07) is 0. The van der Waals surface area contributed by atoms with Gasteiger partial charge in [0, 0.05) is 25.7 Å². The van der Waals surface area contributed by atoms with Gasteiger partial charge in [0.2, 0.25) is 0 Å². The lowest BCUT2D eigenvalue weighted by Gasteiger charge is -2.21. The van der Waals surface area contributed by atoms with Gasteiger partial charge in [-0.25, -0.2) is 9.13 Å².